The molecule has 0 N–H and O–H groups in total. The lowest BCUT2D eigenvalue weighted by molar-refractivity contribution is -0.687. The second kappa shape index (κ2) is 33.3. The Morgan fingerprint density at radius 3 is 1.64 bits per heavy atom. The van der Waals surface area contributed by atoms with E-state index in [4.69, 9.17) is 9.47 Å². The van der Waals surface area contributed by atoms with Crippen LogP contribution in [0.3, 0.4) is 0 Å². The monoisotopic (exact) mass is 805 g/mol. The Morgan fingerprint density at radius 2 is 1.16 bits per heavy atom. The Hall–Kier alpha value is -2.72. The first-order valence-corrected chi connectivity index (χ1v) is 23.9. The van der Waals surface area contributed by atoms with E-state index >= 15 is 0 Å². The van der Waals surface area contributed by atoms with Gasteiger partial charge in [-0.2, -0.15) is 0 Å². The summed E-state index contributed by atoms with van der Waals surface area (Å²) in [7, 11) is -5.01. The van der Waals surface area contributed by atoms with Crippen molar-refractivity contribution in [2.75, 3.05) is 13.2 Å². The highest BCUT2D eigenvalue weighted by Crippen LogP contribution is 2.17. The molecule has 3 unspecified atom stereocenters. The van der Waals surface area contributed by atoms with Crippen molar-refractivity contribution in [3.63, 3.8) is 0 Å². The van der Waals surface area contributed by atoms with Crippen LogP contribution in [0.15, 0.2) is 49.1 Å². The summed E-state index contributed by atoms with van der Waals surface area (Å²) in [5, 5.41) is -2.06. The molecule has 322 valence electrons. The highest BCUT2D eigenvalue weighted by atomic mass is 32.2. The number of imidazole rings is 1. The van der Waals surface area contributed by atoms with Gasteiger partial charge in [0, 0.05) is 0 Å². The molecule has 0 spiro atoms. The van der Waals surface area contributed by atoms with Gasteiger partial charge in [0.05, 0.1) is 26.2 Å². The first-order chi connectivity index (χ1) is 27.1. The fourth-order valence-corrected chi connectivity index (χ4v) is 7.41. The molecule has 0 saturated heterocycles. The third-order valence-corrected chi connectivity index (χ3v) is 11.8. The minimum absolute atomic E-state index is 0.0470. The standard InChI is InChI=1S/C26H43N2.C20H38O7S/c1-2-3-4-5-6-7-8-9-10-11-12-13-14-18-21-27-22-23-28(25-27)24-26-19-16-15-17-20-26;1-5-9-11-16(7-3)14-26-19(21)13-18(28(23,24)25)20(22)27-15-17(8-4)12-10-6-2/h15-17,19-20,22-23,25H,2-14,18,21,24H2,1H3;16-18H,5-15H2,1-4H3,(H,23,24,25)/q+1;/p-1. The molecular formula is C46H80N2O7S. The first kappa shape index (κ1) is 51.3. The molecule has 0 radical (unpaired) electrons. The van der Waals surface area contributed by atoms with Crippen molar-refractivity contribution in [3.8, 4) is 0 Å². The van der Waals surface area contributed by atoms with Gasteiger partial charge < -0.3 is 14.0 Å². The van der Waals surface area contributed by atoms with Gasteiger partial charge in [-0.05, 0) is 43.1 Å². The third-order valence-electron chi connectivity index (χ3n) is 10.7. The predicted molar refractivity (Wildman–Crippen MR) is 227 cm³/mol. The van der Waals surface area contributed by atoms with Crippen LogP contribution < -0.4 is 4.57 Å². The van der Waals surface area contributed by atoms with Crippen LogP contribution in [-0.2, 0) is 42.3 Å². The lowest BCUT2D eigenvalue weighted by Gasteiger charge is -2.21. The molecule has 0 saturated carbocycles. The van der Waals surface area contributed by atoms with E-state index in [-0.39, 0.29) is 25.0 Å². The second-order valence-corrected chi connectivity index (χ2v) is 17.3. The summed E-state index contributed by atoms with van der Waals surface area (Å²) in [6, 6.07) is 10.7. The van der Waals surface area contributed by atoms with E-state index in [0.717, 1.165) is 64.5 Å². The van der Waals surface area contributed by atoms with Gasteiger partial charge in [-0.3, -0.25) is 9.59 Å². The summed E-state index contributed by atoms with van der Waals surface area (Å²) >= 11 is 0. The van der Waals surface area contributed by atoms with E-state index in [2.05, 4.69) is 79.0 Å². The number of ether oxygens (including phenoxy) is 2. The number of carbonyl (C=O) groups is 2. The summed E-state index contributed by atoms with van der Waals surface area (Å²) in [6.45, 7) is 12.7. The van der Waals surface area contributed by atoms with E-state index in [1.165, 1.54) is 95.5 Å². The van der Waals surface area contributed by atoms with Crippen LogP contribution in [0.4, 0.5) is 0 Å². The Labute approximate surface area is 342 Å². The summed E-state index contributed by atoms with van der Waals surface area (Å²) in [6.07, 6.45) is 33.2. The maximum atomic E-state index is 12.1. The molecule has 56 heavy (non-hydrogen) atoms. The second-order valence-electron chi connectivity index (χ2n) is 15.7. The average Bonchev–Trinajstić information content (AvgIpc) is 3.64. The van der Waals surface area contributed by atoms with Crippen molar-refractivity contribution in [2.24, 2.45) is 11.8 Å². The lowest BCUT2D eigenvalue weighted by atomic mass is 10.0. The van der Waals surface area contributed by atoms with Gasteiger partial charge in [0.25, 0.3) is 0 Å². The van der Waals surface area contributed by atoms with Gasteiger partial charge in [-0.15, -0.1) is 0 Å². The molecule has 0 amide bonds. The van der Waals surface area contributed by atoms with E-state index in [9.17, 15) is 22.6 Å². The van der Waals surface area contributed by atoms with Crippen molar-refractivity contribution in [1.29, 1.82) is 0 Å². The van der Waals surface area contributed by atoms with Crippen LogP contribution in [0.1, 0.15) is 188 Å². The van der Waals surface area contributed by atoms with Gasteiger partial charge in [-0.1, -0.05) is 181 Å². The molecule has 0 aliphatic rings. The zero-order valence-electron chi connectivity index (χ0n) is 36.1. The SMILES string of the molecule is CCCCC(CC)COC(=O)CC(C(=O)OCC(CC)CCCC)S(=O)(=O)[O-].CCCCCCCCCCCCCCCCn1cc[n+](Cc2ccccc2)c1. The summed E-state index contributed by atoms with van der Waals surface area (Å²) in [5.74, 6) is -1.74. The molecular weight excluding hydrogens is 725 g/mol. The fraction of sp³-hybridized carbons (Fsp3) is 0.761. The molecule has 2 aromatic rings. The first-order valence-electron chi connectivity index (χ1n) is 22.4. The Bertz CT molecular complexity index is 1350. The Kier molecular flexibility index (Phi) is 30.5. The van der Waals surface area contributed by atoms with Crippen molar-refractivity contribution >= 4 is 22.1 Å². The molecule has 1 heterocycles. The number of esters is 2. The van der Waals surface area contributed by atoms with E-state index in [1.807, 2.05) is 13.8 Å². The number of hydrogen-bond acceptors (Lipinski definition) is 7. The average molecular weight is 805 g/mol. The van der Waals surface area contributed by atoms with Crippen LogP contribution in [0.25, 0.3) is 0 Å². The minimum Gasteiger partial charge on any atom is -0.747 e. The zero-order chi connectivity index (χ0) is 41.3. The van der Waals surface area contributed by atoms with Crippen molar-refractivity contribution in [2.45, 2.75) is 201 Å². The van der Waals surface area contributed by atoms with Crippen LogP contribution in [-0.4, -0.2) is 47.9 Å². The van der Waals surface area contributed by atoms with Crippen molar-refractivity contribution < 1.29 is 36.6 Å². The van der Waals surface area contributed by atoms with E-state index in [1.54, 1.807) is 0 Å². The number of benzene rings is 1. The molecule has 9 nitrogen and oxygen atoms in total. The number of rotatable bonds is 33. The number of carbonyl (C=O) groups excluding carboxylic acids is 2. The van der Waals surface area contributed by atoms with Gasteiger partial charge in [0.1, 0.15) is 29.1 Å². The number of nitrogens with zero attached hydrogens (tertiary/aromatic N) is 2. The number of unbranched alkanes of at least 4 members (excludes halogenated alkanes) is 15. The minimum atomic E-state index is -5.01. The Balaban J connectivity index is 0.000000560. The number of hydrogen-bond donors (Lipinski definition) is 0. The highest BCUT2D eigenvalue weighted by Gasteiger charge is 2.31. The van der Waals surface area contributed by atoms with Gasteiger partial charge in [0.15, 0.2) is 5.25 Å². The molecule has 0 aliphatic carbocycles. The largest absolute Gasteiger partial charge is 0.747 e. The molecule has 1 aromatic carbocycles. The normalized spacial score (nSPS) is 13.0. The highest BCUT2D eigenvalue weighted by molar-refractivity contribution is 7.87. The third kappa shape index (κ3) is 26.2. The molecule has 0 fully saturated rings. The number of aryl methyl sites for hydroxylation is 1. The molecule has 0 bridgehead atoms. The topological polar surface area (TPSA) is 119 Å². The lowest BCUT2D eigenvalue weighted by Crippen LogP contribution is -2.35. The quantitative estimate of drug-likeness (QED) is 0.0305. The van der Waals surface area contributed by atoms with Gasteiger partial charge in [0.2, 0.25) is 6.33 Å². The van der Waals surface area contributed by atoms with Gasteiger partial charge in [-0.25, -0.2) is 17.6 Å². The van der Waals surface area contributed by atoms with E-state index < -0.39 is 33.7 Å². The maximum absolute atomic E-state index is 12.1. The van der Waals surface area contributed by atoms with Gasteiger partial charge >= 0.3 is 11.9 Å². The van der Waals surface area contributed by atoms with Crippen LogP contribution in [0, 0.1) is 11.8 Å². The smallest absolute Gasteiger partial charge is 0.323 e. The summed E-state index contributed by atoms with van der Waals surface area (Å²) in [5.41, 5.74) is 1.36. The van der Waals surface area contributed by atoms with Crippen LogP contribution in [0.2, 0.25) is 0 Å². The molecule has 3 atom stereocenters. The maximum Gasteiger partial charge on any atom is 0.323 e. The molecule has 1 aromatic heterocycles. The zero-order valence-corrected chi connectivity index (χ0v) is 36.9. The summed E-state index contributed by atoms with van der Waals surface area (Å²) in [4.78, 5) is 24.1. The molecule has 10 heteroatoms. The molecule has 2 rings (SSSR count). The van der Waals surface area contributed by atoms with E-state index in [0.29, 0.717) is 0 Å². The van der Waals surface area contributed by atoms with Crippen LogP contribution >= 0.6 is 0 Å². The van der Waals surface area contributed by atoms with Crippen molar-refractivity contribution in [3.05, 3.63) is 54.6 Å². The fourth-order valence-electron chi connectivity index (χ4n) is 6.76. The van der Waals surface area contributed by atoms with Crippen molar-refractivity contribution in [1.82, 2.24) is 4.57 Å². The van der Waals surface area contributed by atoms with Crippen LogP contribution in [0.5, 0.6) is 0 Å². The summed E-state index contributed by atoms with van der Waals surface area (Å²) < 4.78 is 49.2. The predicted octanol–water partition coefficient (Wildman–Crippen LogP) is 11.1. The number of aromatic nitrogens is 2. The Morgan fingerprint density at radius 1 is 0.679 bits per heavy atom. The molecule has 0 aliphatic heterocycles.